The second kappa shape index (κ2) is 38.8. The molecule has 0 radical (unpaired) electrons. The van der Waals surface area contributed by atoms with Crippen LogP contribution in [-0.4, -0.2) is 57.3 Å². The smallest absolute Gasteiger partial charge is 0.249 e. The monoisotopic (exact) mass is 706 g/mol. The topological polar surface area (TPSA) is 110 Å². The quantitative estimate of drug-likeness (QED) is 0.0324. The molecule has 4 atom stereocenters. The summed E-state index contributed by atoms with van der Waals surface area (Å²) >= 11 is 0. The Morgan fingerprint density at radius 3 is 1.26 bits per heavy atom. The van der Waals surface area contributed by atoms with Crippen LogP contribution in [-0.2, 0) is 4.79 Å². The highest BCUT2D eigenvalue weighted by Gasteiger charge is 2.28. The number of carbonyl (C=O) groups is 1. The first kappa shape index (κ1) is 48.5. The van der Waals surface area contributed by atoms with Gasteiger partial charge in [0.2, 0.25) is 5.91 Å². The summed E-state index contributed by atoms with van der Waals surface area (Å²) in [7, 11) is 0. The molecule has 1 amide bonds. The van der Waals surface area contributed by atoms with Crippen molar-refractivity contribution in [2.45, 2.75) is 231 Å². The van der Waals surface area contributed by atoms with Crippen LogP contribution < -0.4 is 5.32 Å². The van der Waals surface area contributed by atoms with Gasteiger partial charge in [0.1, 0.15) is 12.2 Å². The highest BCUT2D eigenvalue weighted by atomic mass is 16.3. The van der Waals surface area contributed by atoms with Crippen molar-refractivity contribution in [3.05, 3.63) is 36.5 Å². The third-order valence-corrected chi connectivity index (χ3v) is 9.81. The molecule has 50 heavy (non-hydrogen) atoms. The second-order valence-corrected chi connectivity index (χ2v) is 14.7. The molecule has 0 aromatic carbocycles. The molecule has 5 N–H and O–H groups in total. The largest absolute Gasteiger partial charge is 0.394 e. The summed E-state index contributed by atoms with van der Waals surface area (Å²) in [6.07, 6.45) is 44.5. The van der Waals surface area contributed by atoms with Crippen LogP contribution in [0, 0.1) is 0 Å². The zero-order valence-corrected chi connectivity index (χ0v) is 32.9. The van der Waals surface area contributed by atoms with Gasteiger partial charge >= 0.3 is 0 Å². The van der Waals surface area contributed by atoms with Gasteiger partial charge in [0.05, 0.1) is 18.8 Å². The SMILES string of the molecule is CCCCC/C=C/CC/C=C/CC/C=C/CCCC(O)C(O)C(CO)NC(=O)C(O)CCCCCCCCCCCCCCCCCCCC. The summed E-state index contributed by atoms with van der Waals surface area (Å²) in [6.45, 7) is 4.00. The van der Waals surface area contributed by atoms with Gasteiger partial charge in [0.25, 0.3) is 0 Å². The van der Waals surface area contributed by atoms with E-state index in [1.807, 2.05) is 0 Å². The molecular weight excluding hydrogens is 622 g/mol. The van der Waals surface area contributed by atoms with Crippen LogP contribution in [0.25, 0.3) is 0 Å². The summed E-state index contributed by atoms with van der Waals surface area (Å²) in [4.78, 5) is 12.5. The molecule has 0 aromatic heterocycles. The van der Waals surface area contributed by atoms with Gasteiger partial charge in [-0.05, 0) is 64.2 Å². The van der Waals surface area contributed by atoms with Crippen molar-refractivity contribution in [3.8, 4) is 0 Å². The Kier molecular flexibility index (Phi) is 37.6. The average molecular weight is 706 g/mol. The number of carbonyl (C=O) groups excluding carboxylic acids is 1. The molecule has 0 rings (SSSR count). The minimum absolute atomic E-state index is 0.361. The van der Waals surface area contributed by atoms with Gasteiger partial charge in [-0.1, -0.05) is 179 Å². The van der Waals surface area contributed by atoms with Crippen LogP contribution in [0.1, 0.15) is 206 Å². The normalized spacial score (nSPS) is 14.6. The standard InChI is InChI=1S/C44H83NO5/c1-3-5-7-9-11-13-15-17-19-21-22-24-26-28-30-32-34-36-38-42(48)44(50)45-40(39-46)43(49)41(47)37-35-33-31-29-27-25-23-20-18-16-14-12-10-8-6-4-2/h12,14,20,23,29,31,40-43,46-49H,3-11,13,15-19,21-22,24-28,30,32-39H2,1-2H3,(H,45,50)/b14-12+,23-20+,31-29+. The van der Waals surface area contributed by atoms with Gasteiger partial charge in [0, 0.05) is 0 Å². The van der Waals surface area contributed by atoms with Crippen molar-refractivity contribution >= 4 is 5.91 Å². The number of hydrogen-bond acceptors (Lipinski definition) is 5. The fourth-order valence-electron chi connectivity index (χ4n) is 6.38. The van der Waals surface area contributed by atoms with Crippen LogP contribution in [0.2, 0.25) is 0 Å². The second-order valence-electron chi connectivity index (χ2n) is 14.7. The average Bonchev–Trinajstić information content (AvgIpc) is 3.12. The Labute approximate surface area is 309 Å². The first-order chi connectivity index (χ1) is 24.5. The minimum atomic E-state index is -1.29. The lowest BCUT2D eigenvalue weighted by atomic mass is 10.00. The van der Waals surface area contributed by atoms with Crippen molar-refractivity contribution in [3.63, 3.8) is 0 Å². The zero-order chi connectivity index (χ0) is 36.8. The number of aliphatic hydroxyl groups excluding tert-OH is 4. The Balaban J connectivity index is 3.81. The van der Waals surface area contributed by atoms with E-state index in [0.717, 1.165) is 51.4 Å². The van der Waals surface area contributed by atoms with E-state index in [1.165, 1.54) is 122 Å². The molecule has 0 saturated heterocycles. The third-order valence-electron chi connectivity index (χ3n) is 9.81. The third kappa shape index (κ3) is 32.4. The van der Waals surface area contributed by atoms with Crippen LogP contribution in [0.3, 0.4) is 0 Å². The maximum atomic E-state index is 12.5. The van der Waals surface area contributed by atoms with Crippen molar-refractivity contribution in [1.82, 2.24) is 5.32 Å². The molecule has 0 spiro atoms. The van der Waals surface area contributed by atoms with E-state index in [2.05, 4.69) is 55.6 Å². The molecular formula is C44H83NO5. The summed E-state index contributed by atoms with van der Waals surface area (Å²) in [5, 5.41) is 43.6. The minimum Gasteiger partial charge on any atom is -0.394 e. The van der Waals surface area contributed by atoms with Gasteiger partial charge in [0.15, 0.2) is 0 Å². The van der Waals surface area contributed by atoms with Gasteiger partial charge < -0.3 is 25.7 Å². The summed E-state index contributed by atoms with van der Waals surface area (Å²) in [6, 6.07) is -1.01. The number of unbranched alkanes of at least 4 members (excludes halogenated alkanes) is 23. The van der Waals surface area contributed by atoms with E-state index in [1.54, 1.807) is 0 Å². The molecule has 0 aliphatic carbocycles. The Morgan fingerprint density at radius 1 is 0.480 bits per heavy atom. The van der Waals surface area contributed by atoms with Gasteiger partial charge in [-0.3, -0.25) is 4.79 Å². The van der Waals surface area contributed by atoms with E-state index in [4.69, 9.17) is 0 Å². The van der Waals surface area contributed by atoms with E-state index < -0.39 is 36.9 Å². The molecule has 0 aliphatic heterocycles. The lowest BCUT2D eigenvalue weighted by Crippen LogP contribution is -2.53. The fourth-order valence-corrected chi connectivity index (χ4v) is 6.38. The van der Waals surface area contributed by atoms with Crippen molar-refractivity contribution in [2.24, 2.45) is 0 Å². The van der Waals surface area contributed by atoms with Crippen LogP contribution in [0.5, 0.6) is 0 Å². The van der Waals surface area contributed by atoms with E-state index >= 15 is 0 Å². The Morgan fingerprint density at radius 2 is 0.840 bits per heavy atom. The fraction of sp³-hybridized carbons (Fsp3) is 0.841. The summed E-state index contributed by atoms with van der Waals surface area (Å²) in [5.74, 6) is -0.599. The number of hydrogen-bond donors (Lipinski definition) is 5. The van der Waals surface area contributed by atoms with E-state index in [-0.39, 0.29) is 0 Å². The first-order valence-corrected chi connectivity index (χ1v) is 21.4. The number of aliphatic hydroxyl groups is 4. The van der Waals surface area contributed by atoms with Crippen molar-refractivity contribution in [2.75, 3.05) is 6.61 Å². The van der Waals surface area contributed by atoms with Gasteiger partial charge in [-0.2, -0.15) is 0 Å². The molecule has 4 unspecified atom stereocenters. The molecule has 0 bridgehead atoms. The van der Waals surface area contributed by atoms with Crippen molar-refractivity contribution < 1.29 is 25.2 Å². The van der Waals surface area contributed by atoms with E-state index in [9.17, 15) is 25.2 Å². The number of nitrogens with one attached hydrogen (secondary N) is 1. The summed E-state index contributed by atoms with van der Waals surface area (Å²) < 4.78 is 0. The van der Waals surface area contributed by atoms with Crippen LogP contribution in [0.15, 0.2) is 36.5 Å². The predicted molar refractivity (Wildman–Crippen MR) is 214 cm³/mol. The maximum absolute atomic E-state index is 12.5. The predicted octanol–water partition coefficient (Wildman–Crippen LogP) is 11.0. The summed E-state index contributed by atoms with van der Waals surface area (Å²) in [5.41, 5.74) is 0. The molecule has 0 fully saturated rings. The van der Waals surface area contributed by atoms with E-state index in [0.29, 0.717) is 19.3 Å². The lowest BCUT2D eigenvalue weighted by Gasteiger charge is -2.27. The van der Waals surface area contributed by atoms with Crippen molar-refractivity contribution in [1.29, 1.82) is 0 Å². The van der Waals surface area contributed by atoms with Gasteiger partial charge in [-0.25, -0.2) is 0 Å². The molecule has 0 aliphatic rings. The Bertz CT molecular complexity index is 797. The number of rotatable bonds is 38. The highest BCUT2D eigenvalue weighted by Crippen LogP contribution is 2.16. The lowest BCUT2D eigenvalue weighted by molar-refractivity contribution is -0.132. The molecule has 0 saturated carbocycles. The molecule has 6 nitrogen and oxygen atoms in total. The Hall–Kier alpha value is -1.47. The molecule has 6 heteroatoms. The van der Waals surface area contributed by atoms with Crippen LogP contribution in [0.4, 0.5) is 0 Å². The zero-order valence-electron chi connectivity index (χ0n) is 32.9. The maximum Gasteiger partial charge on any atom is 0.249 e. The molecule has 294 valence electrons. The first-order valence-electron chi connectivity index (χ1n) is 21.4. The number of allylic oxidation sites excluding steroid dienone is 6. The van der Waals surface area contributed by atoms with Crippen LogP contribution >= 0.6 is 0 Å². The molecule has 0 aromatic rings. The van der Waals surface area contributed by atoms with Gasteiger partial charge in [-0.15, -0.1) is 0 Å². The number of amides is 1. The molecule has 0 heterocycles. The highest BCUT2D eigenvalue weighted by molar-refractivity contribution is 5.80.